The number of methoxy groups -OCH3 is 1. The van der Waals surface area contributed by atoms with Crippen LogP contribution in [0.15, 0.2) is 24.3 Å². The van der Waals surface area contributed by atoms with Crippen molar-refractivity contribution in [2.75, 3.05) is 14.2 Å². The van der Waals surface area contributed by atoms with Crippen LogP contribution in [0.1, 0.15) is 33.3 Å². The van der Waals surface area contributed by atoms with Crippen LogP contribution in [-0.2, 0) is 25.5 Å². The summed E-state index contributed by atoms with van der Waals surface area (Å²) in [7, 11) is 2.74. The number of likely N-dealkylation sites (N-methyl/N-ethyl adjacent to an activating group) is 1. The van der Waals surface area contributed by atoms with Gasteiger partial charge in [-0.2, -0.15) is 0 Å². The van der Waals surface area contributed by atoms with Crippen molar-refractivity contribution in [2.45, 2.75) is 51.8 Å². The molecule has 0 saturated heterocycles. The van der Waals surface area contributed by atoms with E-state index in [4.69, 9.17) is 21.1 Å². The van der Waals surface area contributed by atoms with Crippen molar-refractivity contribution in [1.29, 1.82) is 0 Å². The Hall–Kier alpha value is -2.74. The van der Waals surface area contributed by atoms with Gasteiger partial charge in [-0.15, -0.1) is 0 Å². The van der Waals surface area contributed by atoms with Gasteiger partial charge < -0.3 is 24.7 Å². The third-order valence-corrected chi connectivity index (χ3v) is 4.87. The number of amides is 2. The van der Waals surface area contributed by atoms with Gasteiger partial charge in [0.15, 0.2) is 0 Å². The highest BCUT2D eigenvalue weighted by Crippen LogP contribution is 2.28. The van der Waals surface area contributed by atoms with Crippen molar-refractivity contribution in [3.63, 3.8) is 0 Å². The molecule has 1 unspecified atom stereocenters. The molecule has 2 N–H and O–H groups in total. The molecular weight excluding hydrogens is 410 g/mol. The van der Waals surface area contributed by atoms with Gasteiger partial charge in [0.25, 0.3) is 0 Å². The molecule has 0 spiro atoms. The van der Waals surface area contributed by atoms with Gasteiger partial charge in [-0.1, -0.05) is 29.8 Å². The average molecular weight is 438 g/mol. The first-order valence-electron chi connectivity index (χ1n) is 9.53. The van der Waals surface area contributed by atoms with Gasteiger partial charge in [0.2, 0.25) is 5.91 Å². The SMILES string of the molecule is COC(=O)C(Cc1c(Cl)[nH]c2ccccc12)N(C)C(=O)[C@H](C)NC(=O)OC(C)(C)C. The number of hydrogen-bond donors (Lipinski definition) is 2. The zero-order valence-corrected chi connectivity index (χ0v) is 18.8. The number of nitrogens with zero attached hydrogens (tertiary/aromatic N) is 1. The van der Waals surface area contributed by atoms with E-state index in [-0.39, 0.29) is 6.42 Å². The van der Waals surface area contributed by atoms with Crippen molar-refractivity contribution in [1.82, 2.24) is 15.2 Å². The van der Waals surface area contributed by atoms with Crippen LogP contribution in [0.4, 0.5) is 4.79 Å². The number of para-hydroxylation sites is 1. The van der Waals surface area contributed by atoms with Gasteiger partial charge in [-0.3, -0.25) is 4.79 Å². The van der Waals surface area contributed by atoms with Gasteiger partial charge in [-0.05, 0) is 39.3 Å². The van der Waals surface area contributed by atoms with E-state index in [1.54, 1.807) is 20.8 Å². The van der Waals surface area contributed by atoms with E-state index < -0.39 is 35.7 Å². The summed E-state index contributed by atoms with van der Waals surface area (Å²) in [5, 5.41) is 3.74. The van der Waals surface area contributed by atoms with Crippen LogP contribution in [0.2, 0.25) is 5.15 Å². The second kappa shape index (κ2) is 9.38. The van der Waals surface area contributed by atoms with Gasteiger partial charge in [-0.25, -0.2) is 9.59 Å². The number of aromatic nitrogens is 1. The molecule has 0 aliphatic heterocycles. The number of nitrogens with one attached hydrogen (secondary N) is 2. The molecule has 0 bridgehead atoms. The number of esters is 1. The fourth-order valence-corrected chi connectivity index (χ4v) is 3.36. The molecule has 0 aliphatic rings. The van der Waals surface area contributed by atoms with E-state index in [0.29, 0.717) is 10.7 Å². The molecular formula is C21H28ClN3O5. The van der Waals surface area contributed by atoms with Gasteiger partial charge in [0.05, 0.1) is 7.11 Å². The van der Waals surface area contributed by atoms with E-state index in [0.717, 1.165) is 10.9 Å². The molecule has 0 saturated carbocycles. The molecule has 30 heavy (non-hydrogen) atoms. The maximum absolute atomic E-state index is 12.9. The molecule has 164 valence electrons. The highest BCUT2D eigenvalue weighted by atomic mass is 35.5. The van der Waals surface area contributed by atoms with Crippen LogP contribution >= 0.6 is 11.6 Å². The van der Waals surface area contributed by atoms with Crippen LogP contribution in [0.5, 0.6) is 0 Å². The quantitative estimate of drug-likeness (QED) is 0.675. The lowest BCUT2D eigenvalue weighted by Gasteiger charge is -2.29. The third-order valence-electron chi connectivity index (χ3n) is 4.55. The normalized spacial score (nSPS) is 13.4. The number of carbonyl (C=O) groups is 3. The van der Waals surface area contributed by atoms with E-state index >= 15 is 0 Å². The fraction of sp³-hybridized carbons (Fsp3) is 0.476. The molecule has 2 atom stereocenters. The Kier molecular flexibility index (Phi) is 7.36. The van der Waals surface area contributed by atoms with E-state index in [1.807, 2.05) is 24.3 Å². The molecule has 0 aliphatic carbocycles. The minimum absolute atomic E-state index is 0.150. The molecule has 2 rings (SSSR count). The summed E-state index contributed by atoms with van der Waals surface area (Å²) in [4.78, 5) is 41.7. The number of halogens is 1. The summed E-state index contributed by atoms with van der Waals surface area (Å²) >= 11 is 6.35. The van der Waals surface area contributed by atoms with Crippen LogP contribution in [0.25, 0.3) is 10.9 Å². The smallest absolute Gasteiger partial charge is 0.408 e. The topological polar surface area (TPSA) is 101 Å². The van der Waals surface area contributed by atoms with E-state index in [2.05, 4.69) is 10.3 Å². The Balaban J connectivity index is 2.21. The van der Waals surface area contributed by atoms with Crippen molar-refractivity contribution in [2.24, 2.45) is 0 Å². The number of aromatic amines is 1. The number of fused-ring (bicyclic) bond motifs is 1. The fourth-order valence-electron chi connectivity index (χ4n) is 3.08. The summed E-state index contributed by atoms with van der Waals surface area (Å²) in [5.74, 6) is -1.05. The van der Waals surface area contributed by atoms with Crippen molar-refractivity contribution in [3.8, 4) is 0 Å². The minimum atomic E-state index is -0.929. The number of alkyl carbamates (subject to hydrolysis) is 1. The largest absolute Gasteiger partial charge is 0.467 e. The Bertz CT molecular complexity index is 934. The monoisotopic (exact) mass is 437 g/mol. The lowest BCUT2D eigenvalue weighted by atomic mass is 10.0. The highest BCUT2D eigenvalue weighted by molar-refractivity contribution is 6.31. The van der Waals surface area contributed by atoms with Gasteiger partial charge in [0.1, 0.15) is 22.8 Å². The summed E-state index contributed by atoms with van der Waals surface area (Å²) in [6.07, 6.45) is -0.567. The standard InChI is InChI=1S/C21H28ClN3O5/c1-12(23-20(28)30-21(2,3)4)18(26)25(5)16(19(27)29-6)11-14-13-9-7-8-10-15(13)24-17(14)22/h7-10,12,16,24H,11H2,1-6H3,(H,23,28)/t12-,16?/m0/s1. The second-order valence-corrected chi connectivity index (χ2v) is 8.40. The first-order chi connectivity index (χ1) is 13.9. The molecule has 0 fully saturated rings. The summed E-state index contributed by atoms with van der Waals surface area (Å²) in [5.41, 5.74) is 0.837. The number of carbonyl (C=O) groups excluding carboxylic acids is 3. The van der Waals surface area contributed by atoms with Crippen molar-refractivity contribution in [3.05, 3.63) is 35.0 Å². The summed E-state index contributed by atoms with van der Waals surface area (Å²) in [6.45, 7) is 6.70. The lowest BCUT2D eigenvalue weighted by Crippen LogP contribution is -2.52. The Morgan fingerprint density at radius 1 is 1.23 bits per heavy atom. The van der Waals surface area contributed by atoms with E-state index in [9.17, 15) is 14.4 Å². The van der Waals surface area contributed by atoms with Crippen LogP contribution in [0, 0.1) is 0 Å². The summed E-state index contributed by atoms with van der Waals surface area (Å²) < 4.78 is 10.1. The zero-order chi connectivity index (χ0) is 22.6. The lowest BCUT2D eigenvalue weighted by molar-refractivity contribution is -0.152. The predicted octanol–water partition coefficient (Wildman–Crippen LogP) is 3.28. The summed E-state index contributed by atoms with van der Waals surface area (Å²) in [6, 6.07) is 5.66. The Labute approximate surface area is 180 Å². The number of hydrogen-bond acceptors (Lipinski definition) is 5. The second-order valence-electron chi connectivity index (χ2n) is 8.02. The molecule has 8 nitrogen and oxygen atoms in total. The third kappa shape index (κ3) is 5.66. The molecule has 1 aromatic carbocycles. The molecule has 0 radical (unpaired) electrons. The average Bonchev–Trinajstić information content (AvgIpc) is 2.97. The Morgan fingerprint density at radius 3 is 2.47 bits per heavy atom. The molecule has 9 heteroatoms. The number of ether oxygens (including phenoxy) is 2. The minimum Gasteiger partial charge on any atom is -0.467 e. The number of benzene rings is 1. The zero-order valence-electron chi connectivity index (χ0n) is 18.0. The Morgan fingerprint density at radius 2 is 1.87 bits per heavy atom. The van der Waals surface area contributed by atoms with Crippen molar-refractivity contribution < 1.29 is 23.9 Å². The number of rotatable bonds is 6. The molecule has 2 aromatic rings. The first-order valence-corrected chi connectivity index (χ1v) is 9.91. The van der Waals surface area contributed by atoms with Gasteiger partial charge >= 0.3 is 12.1 Å². The van der Waals surface area contributed by atoms with Gasteiger partial charge in [0, 0.05) is 24.4 Å². The van der Waals surface area contributed by atoms with E-state index in [1.165, 1.54) is 26.0 Å². The van der Waals surface area contributed by atoms with Crippen LogP contribution in [-0.4, -0.2) is 59.7 Å². The maximum Gasteiger partial charge on any atom is 0.408 e. The first kappa shape index (κ1) is 23.5. The molecule has 1 heterocycles. The van der Waals surface area contributed by atoms with Crippen LogP contribution < -0.4 is 5.32 Å². The van der Waals surface area contributed by atoms with Crippen LogP contribution in [0.3, 0.4) is 0 Å². The predicted molar refractivity (Wildman–Crippen MR) is 114 cm³/mol. The molecule has 1 aromatic heterocycles. The van der Waals surface area contributed by atoms with Crippen molar-refractivity contribution >= 4 is 40.5 Å². The highest BCUT2D eigenvalue weighted by Gasteiger charge is 2.33. The number of H-pyrrole nitrogens is 1. The molecule has 2 amide bonds. The maximum atomic E-state index is 12.9.